The zero-order chi connectivity index (χ0) is 24.2. The second kappa shape index (κ2) is 13.7. The van der Waals surface area contributed by atoms with E-state index in [1.165, 1.54) is 18.0 Å². The number of aromatic nitrogens is 2. The first-order valence-electron chi connectivity index (χ1n) is 10.9. The number of hydrogen-bond acceptors (Lipinski definition) is 7. The first-order valence-corrected chi connectivity index (χ1v) is 11.9. The van der Waals surface area contributed by atoms with E-state index in [9.17, 15) is 14.7 Å². The van der Waals surface area contributed by atoms with E-state index in [1.807, 2.05) is 18.2 Å². The quantitative estimate of drug-likeness (QED) is 0.356. The predicted molar refractivity (Wildman–Crippen MR) is 128 cm³/mol. The van der Waals surface area contributed by atoms with Crippen LogP contribution < -0.4 is 20.1 Å². The van der Waals surface area contributed by atoms with E-state index < -0.39 is 0 Å². The molecule has 0 unspecified atom stereocenters. The molecule has 0 atom stereocenters. The van der Waals surface area contributed by atoms with Crippen molar-refractivity contribution in [1.82, 2.24) is 20.2 Å². The number of hydrogen-bond donors (Lipinski definition) is 3. The lowest BCUT2D eigenvalue weighted by Crippen LogP contribution is -2.30. The molecule has 2 aromatic rings. The van der Waals surface area contributed by atoms with Gasteiger partial charge in [-0.2, -0.15) is 0 Å². The van der Waals surface area contributed by atoms with E-state index in [4.69, 9.17) is 9.47 Å². The van der Waals surface area contributed by atoms with Crippen molar-refractivity contribution >= 4 is 23.6 Å². The molecule has 0 aliphatic carbocycles. The number of benzene rings is 1. The third-order valence-corrected chi connectivity index (χ3v) is 5.92. The fraction of sp³-hybridized carbons (Fsp3) is 0.522. The van der Waals surface area contributed by atoms with Gasteiger partial charge in [-0.05, 0) is 36.5 Å². The Morgan fingerprint density at radius 1 is 1.12 bits per heavy atom. The van der Waals surface area contributed by atoms with Crippen LogP contribution in [0.1, 0.15) is 31.5 Å². The number of carbonyl (C=O) groups is 2. The third kappa shape index (κ3) is 8.62. The molecule has 1 heterocycles. The molecule has 9 nitrogen and oxygen atoms in total. The molecule has 0 aliphatic rings. The number of imidazole rings is 1. The first-order chi connectivity index (χ1) is 15.9. The highest BCUT2D eigenvalue weighted by molar-refractivity contribution is 7.99. The van der Waals surface area contributed by atoms with Crippen molar-refractivity contribution in [2.75, 3.05) is 33.1 Å². The van der Waals surface area contributed by atoms with Crippen LogP contribution in [-0.2, 0) is 29.2 Å². The molecule has 2 amide bonds. The summed E-state index contributed by atoms with van der Waals surface area (Å²) in [5.41, 5.74) is 1.55. The van der Waals surface area contributed by atoms with Gasteiger partial charge in [-0.25, -0.2) is 4.98 Å². The van der Waals surface area contributed by atoms with E-state index in [2.05, 4.69) is 29.5 Å². The van der Waals surface area contributed by atoms with Crippen LogP contribution in [0.2, 0.25) is 0 Å². The fourth-order valence-electron chi connectivity index (χ4n) is 3.07. The van der Waals surface area contributed by atoms with Gasteiger partial charge in [0.2, 0.25) is 11.8 Å². The number of ether oxygens (including phenoxy) is 2. The summed E-state index contributed by atoms with van der Waals surface area (Å²) in [6.07, 6.45) is 3.07. The topological polar surface area (TPSA) is 115 Å². The van der Waals surface area contributed by atoms with Gasteiger partial charge in [-0.3, -0.25) is 9.59 Å². The van der Waals surface area contributed by atoms with Gasteiger partial charge in [0.15, 0.2) is 16.7 Å². The second-order valence-electron chi connectivity index (χ2n) is 7.89. The number of rotatable bonds is 14. The van der Waals surface area contributed by atoms with Crippen LogP contribution in [0.25, 0.3) is 0 Å². The maximum absolute atomic E-state index is 12.3. The molecule has 0 saturated carbocycles. The Hall–Kier alpha value is -2.72. The minimum atomic E-state index is -0.232. The van der Waals surface area contributed by atoms with E-state index in [-0.39, 0.29) is 30.7 Å². The normalized spacial score (nSPS) is 10.8. The highest BCUT2D eigenvalue weighted by Gasteiger charge is 2.15. The number of nitrogens with one attached hydrogen (secondary N) is 2. The Kier molecular flexibility index (Phi) is 11.0. The van der Waals surface area contributed by atoms with Gasteiger partial charge in [0.25, 0.3) is 0 Å². The molecule has 3 N–H and O–H groups in total. The largest absolute Gasteiger partial charge is 0.493 e. The van der Waals surface area contributed by atoms with Crippen LogP contribution in [0.3, 0.4) is 0 Å². The van der Waals surface area contributed by atoms with Gasteiger partial charge in [0.05, 0.1) is 38.5 Å². The molecule has 182 valence electrons. The van der Waals surface area contributed by atoms with Gasteiger partial charge in [0.1, 0.15) is 6.54 Å². The number of methoxy groups -OCH3 is 2. The Balaban J connectivity index is 1.83. The van der Waals surface area contributed by atoms with Crippen molar-refractivity contribution in [2.24, 2.45) is 5.92 Å². The standard InChI is InChI=1S/C23H34N4O5S/c1-16(2)7-9-24-21(29)13-27-18(14-28)12-26-23(27)33-15-22(30)25-10-8-17-5-6-19(31-3)20(11-17)32-4/h5-6,11-12,16,28H,7-10,13-15H2,1-4H3,(H,24,29)(H,25,30). The smallest absolute Gasteiger partial charge is 0.240 e. The summed E-state index contributed by atoms with van der Waals surface area (Å²) in [6, 6.07) is 5.66. The van der Waals surface area contributed by atoms with Crippen molar-refractivity contribution < 1.29 is 24.2 Å². The lowest BCUT2D eigenvalue weighted by atomic mass is 10.1. The predicted octanol–water partition coefficient (Wildman–Crippen LogP) is 2.01. The summed E-state index contributed by atoms with van der Waals surface area (Å²) >= 11 is 1.23. The average Bonchev–Trinajstić information content (AvgIpc) is 3.18. The van der Waals surface area contributed by atoms with Gasteiger partial charge >= 0.3 is 0 Å². The molecular weight excluding hydrogens is 444 g/mol. The van der Waals surface area contributed by atoms with Crippen molar-refractivity contribution in [3.8, 4) is 11.5 Å². The monoisotopic (exact) mass is 478 g/mol. The van der Waals surface area contributed by atoms with Crippen molar-refractivity contribution in [2.45, 2.75) is 45.0 Å². The molecule has 1 aromatic heterocycles. The highest BCUT2D eigenvalue weighted by atomic mass is 32.2. The maximum Gasteiger partial charge on any atom is 0.240 e. The Morgan fingerprint density at radius 3 is 2.52 bits per heavy atom. The summed E-state index contributed by atoms with van der Waals surface area (Å²) < 4.78 is 12.2. The van der Waals surface area contributed by atoms with Crippen molar-refractivity contribution in [3.05, 3.63) is 35.7 Å². The lowest BCUT2D eigenvalue weighted by Gasteiger charge is -2.12. The van der Waals surface area contributed by atoms with E-state index in [0.717, 1.165) is 12.0 Å². The molecule has 0 bridgehead atoms. The van der Waals surface area contributed by atoms with Gasteiger partial charge in [-0.1, -0.05) is 31.7 Å². The number of thioether (sulfide) groups is 1. The maximum atomic E-state index is 12.3. The van der Waals surface area contributed by atoms with Crippen LogP contribution in [0.15, 0.2) is 29.6 Å². The molecule has 0 saturated heterocycles. The molecule has 1 aromatic carbocycles. The van der Waals surface area contributed by atoms with Crippen LogP contribution in [0, 0.1) is 5.92 Å². The molecule has 0 spiro atoms. The van der Waals surface area contributed by atoms with Crippen LogP contribution in [0.5, 0.6) is 11.5 Å². The summed E-state index contributed by atoms with van der Waals surface area (Å²) in [5, 5.41) is 15.9. The Labute approximate surface area is 199 Å². The highest BCUT2D eigenvalue weighted by Crippen LogP contribution is 2.27. The zero-order valence-electron chi connectivity index (χ0n) is 19.7. The molecule has 2 rings (SSSR count). The third-order valence-electron chi connectivity index (χ3n) is 4.93. The molecule has 0 aliphatic heterocycles. The number of carbonyl (C=O) groups excluding carboxylic acids is 2. The number of amides is 2. The second-order valence-corrected chi connectivity index (χ2v) is 8.83. The van der Waals surface area contributed by atoms with E-state index in [0.29, 0.717) is 47.8 Å². The summed E-state index contributed by atoms with van der Waals surface area (Å²) in [6.45, 7) is 5.09. The minimum Gasteiger partial charge on any atom is -0.493 e. The lowest BCUT2D eigenvalue weighted by molar-refractivity contribution is -0.122. The molecule has 10 heteroatoms. The summed E-state index contributed by atoms with van der Waals surface area (Å²) in [7, 11) is 3.17. The summed E-state index contributed by atoms with van der Waals surface area (Å²) in [4.78, 5) is 28.8. The van der Waals surface area contributed by atoms with Crippen molar-refractivity contribution in [1.29, 1.82) is 0 Å². The Morgan fingerprint density at radius 2 is 1.85 bits per heavy atom. The molecular formula is C23H34N4O5S. The van der Waals surface area contributed by atoms with E-state index in [1.54, 1.807) is 18.8 Å². The number of nitrogens with zero attached hydrogens (tertiary/aromatic N) is 2. The Bertz CT molecular complexity index is 916. The first kappa shape index (κ1) is 26.5. The number of aliphatic hydroxyl groups is 1. The van der Waals surface area contributed by atoms with E-state index >= 15 is 0 Å². The zero-order valence-corrected chi connectivity index (χ0v) is 20.5. The minimum absolute atomic E-state index is 0.0528. The van der Waals surface area contributed by atoms with Crippen LogP contribution >= 0.6 is 11.8 Å². The van der Waals surface area contributed by atoms with Gasteiger partial charge in [-0.15, -0.1) is 0 Å². The van der Waals surface area contributed by atoms with Crippen LogP contribution in [0.4, 0.5) is 0 Å². The van der Waals surface area contributed by atoms with Gasteiger partial charge < -0.3 is 29.8 Å². The molecule has 0 radical (unpaired) electrons. The molecule has 33 heavy (non-hydrogen) atoms. The average molecular weight is 479 g/mol. The SMILES string of the molecule is COc1ccc(CCNC(=O)CSc2ncc(CO)n2CC(=O)NCCC(C)C)cc1OC. The molecule has 0 fully saturated rings. The number of aliphatic hydroxyl groups excluding tert-OH is 1. The summed E-state index contributed by atoms with van der Waals surface area (Å²) in [5.74, 6) is 1.68. The van der Waals surface area contributed by atoms with Gasteiger partial charge in [0, 0.05) is 13.1 Å². The van der Waals surface area contributed by atoms with Crippen molar-refractivity contribution in [3.63, 3.8) is 0 Å². The van der Waals surface area contributed by atoms with Crippen LogP contribution in [-0.4, -0.2) is 59.5 Å². The fourth-order valence-corrected chi connectivity index (χ4v) is 3.89.